The Morgan fingerprint density at radius 3 is 2.72 bits per heavy atom. The Bertz CT molecular complexity index is 725. The number of fused-ring (bicyclic) bond motifs is 1. The van der Waals surface area contributed by atoms with Crippen LogP contribution in [0.5, 0.6) is 0 Å². The molecule has 0 saturated heterocycles. The standard InChI is InChI=1S/C13H12FN3O/c1-13(2,7-15)9-5-8-3-4-17(16)12(18)11(8)10(14)6-9/h3-6H,16H2,1-2H3. The molecule has 0 aliphatic rings. The third kappa shape index (κ3) is 1.72. The summed E-state index contributed by atoms with van der Waals surface area (Å²) in [5, 5.41) is 9.44. The molecule has 1 aromatic carbocycles. The van der Waals surface area contributed by atoms with Gasteiger partial charge in [-0.3, -0.25) is 4.79 Å². The van der Waals surface area contributed by atoms with Crippen LogP contribution in [0, 0.1) is 17.1 Å². The fourth-order valence-electron chi connectivity index (χ4n) is 1.77. The van der Waals surface area contributed by atoms with E-state index in [0.29, 0.717) is 10.9 Å². The minimum absolute atomic E-state index is 0.0579. The van der Waals surface area contributed by atoms with Crippen LogP contribution >= 0.6 is 0 Å². The second-order valence-corrected chi connectivity index (χ2v) is 4.69. The van der Waals surface area contributed by atoms with Gasteiger partial charge in [-0.1, -0.05) is 0 Å². The van der Waals surface area contributed by atoms with Crippen LogP contribution in [-0.4, -0.2) is 4.68 Å². The van der Waals surface area contributed by atoms with Crippen LogP contribution in [0.25, 0.3) is 10.8 Å². The normalized spacial score (nSPS) is 11.4. The molecule has 2 aromatic rings. The minimum Gasteiger partial charge on any atom is -0.336 e. The lowest BCUT2D eigenvalue weighted by atomic mass is 9.85. The van der Waals surface area contributed by atoms with E-state index in [0.717, 1.165) is 4.68 Å². The highest BCUT2D eigenvalue weighted by molar-refractivity contribution is 5.83. The zero-order chi connectivity index (χ0) is 13.5. The molecule has 0 spiro atoms. The average molecular weight is 245 g/mol. The SMILES string of the molecule is CC(C)(C#N)c1cc(F)c2c(=O)n(N)ccc2c1. The van der Waals surface area contributed by atoms with E-state index in [4.69, 9.17) is 11.1 Å². The molecule has 0 radical (unpaired) electrons. The van der Waals surface area contributed by atoms with E-state index in [9.17, 15) is 9.18 Å². The van der Waals surface area contributed by atoms with Crippen LogP contribution in [-0.2, 0) is 5.41 Å². The van der Waals surface area contributed by atoms with Gasteiger partial charge < -0.3 is 5.84 Å². The average Bonchev–Trinajstić information content (AvgIpc) is 2.33. The summed E-state index contributed by atoms with van der Waals surface area (Å²) in [6, 6.07) is 6.51. The van der Waals surface area contributed by atoms with Crippen LogP contribution in [0.2, 0.25) is 0 Å². The number of benzene rings is 1. The second-order valence-electron chi connectivity index (χ2n) is 4.69. The van der Waals surface area contributed by atoms with Gasteiger partial charge in [0.1, 0.15) is 5.82 Å². The van der Waals surface area contributed by atoms with Gasteiger partial charge in [0.25, 0.3) is 5.56 Å². The second kappa shape index (κ2) is 3.84. The number of halogens is 1. The summed E-state index contributed by atoms with van der Waals surface area (Å²) in [5.41, 5.74) is -0.873. The van der Waals surface area contributed by atoms with E-state index in [2.05, 4.69) is 6.07 Å². The number of pyridine rings is 1. The lowest BCUT2D eigenvalue weighted by molar-refractivity contribution is 0.622. The third-order valence-corrected chi connectivity index (χ3v) is 2.98. The van der Waals surface area contributed by atoms with Gasteiger partial charge in [-0.15, -0.1) is 0 Å². The molecule has 0 bridgehead atoms. The molecule has 1 aromatic heterocycles. The van der Waals surface area contributed by atoms with Crippen molar-refractivity contribution in [3.05, 3.63) is 46.1 Å². The smallest absolute Gasteiger partial charge is 0.279 e. The van der Waals surface area contributed by atoms with Crippen molar-refractivity contribution in [1.29, 1.82) is 5.26 Å². The first-order valence-corrected chi connectivity index (χ1v) is 5.38. The molecule has 2 rings (SSSR count). The summed E-state index contributed by atoms with van der Waals surface area (Å²) in [6.07, 6.45) is 1.37. The number of aromatic nitrogens is 1. The number of nitrogens with two attached hydrogens (primary N) is 1. The minimum atomic E-state index is -0.813. The summed E-state index contributed by atoms with van der Waals surface area (Å²) < 4.78 is 14.8. The van der Waals surface area contributed by atoms with Gasteiger partial charge >= 0.3 is 0 Å². The van der Waals surface area contributed by atoms with E-state index in [1.165, 1.54) is 12.3 Å². The Morgan fingerprint density at radius 1 is 1.44 bits per heavy atom. The van der Waals surface area contributed by atoms with E-state index < -0.39 is 16.8 Å². The zero-order valence-electron chi connectivity index (χ0n) is 10.1. The van der Waals surface area contributed by atoms with E-state index in [1.54, 1.807) is 26.0 Å². The summed E-state index contributed by atoms with van der Waals surface area (Å²) >= 11 is 0. The first-order valence-electron chi connectivity index (χ1n) is 5.38. The van der Waals surface area contributed by atoms with E-state index in [-0.39, 0.29) is 5.39 Å². The fourth-order valence-corrected chi connectivity index (χ4v) is 1.77. The number of nitrogen functional groups attached to an aromatic ring is 1. The largest absolute Gasteiger partial charge is 0.336 e. The highest BCUT2D eigenvalue weighted by Gasteiger charge is 2.22. The maximum absolute atomic E-state index is 14.0. The summed E-state index contributed by atoms with van der Waals surface area (Å²) in [7, 11) is 0. The molecule has 0 amide bonds. The van der Waals surface area contributed by atoms with Crippen molar-refractivity contribution in [2.24, 2.45) is 0 Å². The van der Waals surface area contributed by atoms with Crippen molar-refractivity contribution in [1.82, 2.24) is 4.68 Å². The highest BCUT2D eigenvalue weighted by atomic mass is 19.1. The predicted octanol–water partition coefficient (Wildman–Crippen LogP) is 1.66. The number of nitriles is 1. The molecule has 18 heavy (non-hydrogen) atoms. The van der Waals surface area contributed by atoms with Crippen LogP contribution in [0.1, 0.15) is 19.4 Å². The molecule has 0 aliphatic heterocycles. The third-order valence-electron chi connectivity index (χ3n) is 2.98. The van der Waals surface area contributed by atoms with Crippen molar-refractivity contribution >= 4 is 10.8 Å². The van der Waals surface area contributed by atoms with Gasteiger partial charge in [0.15, 0.2) is 0 Å². The predicted molar refractivity (Wildman–Crippen MR) is 67.0 cm³/mol. The summed E-state index contributed by atoms with van der Waals surface area (Å²) in [6.45, 7) is 3.38. The molecule has 5 heteroatoms. The lowest BCUT2D eigenvalue weighted by Crippen LogP contribution is -2.27. The maximum atomic E-state index is 14.0. The highest BCUT2D eigenvalue weighted by Crippen LogP contribution is 2.26. The van der Waals surface area contributed by atoms with Gasteiger partial charge in [0.05, 0.1) is 16.9 Å². The number of hydrogen-bond acceptors (Lipinski definition) is 3. The quantitative estimate of drug-likeness (QED) is 0.776. The van der Waals surface area contributed by atoms with Crippen molar-refractivity contribution in [3.63, 3.8) is 0 Å². The first-order chi connectivity index (χ1) is 8.36. The molecule has 0 saturated carbocycles. The molecule has 1 heterocycles. The van der Waals surface area contributed by atoms with E-state index in [1.807, 2.05) is 0 Å². The summed E-state index contributed by atoms with van der Waals surface area (Å²) in [4.78, 5) is 11.7. The number of nitrogens with zero attached hydrogens (tertiary/aromatic N) is 2. The molecule has 92 valence electrons. The van der Waals surface area contributed by atoms with Crippen LogP contribution < -0.4 is 11.4 Å². The zero-order valence-corrected chi connectivity index (χ0v) is 10.1. The van der Waals surface area contributed by atoms with Crippen LogP contribution in [0.15, 0.2) is 29.2 Å². The van der Waals surface area contributed by atoms with Gasteiger partial charge in [-0.05, 0) is 43.0 Å². The molecule has 0 fully saturated rings. The van der Waals surface area contributed by atoms with Crippen molar-refractivity contribution in [2.75, 3.05) is 5.84 Å². The van der Waals surface area contributed by atoms with Gasteiger partial charge in [-0.2, -0.15) is 5.26 Å². The van der Waals surface area contributed by atoms with Gasteiger partial charge in [-0.25, -0.2) is 9.07 Å². The number of rotatable bonds is 1. The van der Waals surface area contributed by atoms with Crippen molar-refractivity contribution in [3.8, 4) is 6.07 Å². The van der Waals surface area contributed by atoms with E-state index >= 15 is 0 Å². The molecule has 2 N–H and O–H groups in total. The Hall–Kier alpha value is -2.35. The molecule has 4 nitrogen and oxygen atoms in total. The molecule has 0 unspecified atom stereocenters. The maximum Gasteiger partial charge on any atom is 0.279 e. The lowest BCUT2D eigenvalue weighted by Gasteiger charge is -2.16. The fraction of sp³-hybridized carbons (Fsp3) is 0.231. The molecular weight excluding hydrogens is 233 g/mol. The Labute approximate surface area is 103 Å². The van der Waals surface area contributed by atoms with Crippen LogP contribution in [0.4, 0.5) is 4.39 Å². The van der Waals surface area contributed by atoms with Crippen molar-refractivity contribution in [2.45, 2.75) is 19.3 Å². The first kappa shape index (κ1) is 12.1. The Kier molecular flexibility index (Phi) is 2.59. The monoisotopic (exact) mass is 245 g/mol. The molecule has 0 atom stereocenters. The van der Waals surface area contributed by atoms with Gasteiger partial charge in [0.2, 0.25) is 0 Å². The molecular formula is C13H12FN3O. The van der Waals surface area contributed by atoms with Gasteiger partial charge in [0, 0.05) is 6.20 Å². The Balaban J connectivity index is 2.86. The van der Waals surface area contributed by atoms with Crippen molar-refractivity contribution < 1.29 is 4.39 Å². The Morgan fingerprint density at radius 2 is 2.11 bits per heavy atom. The summed E-state index contributed by atoms with van der Waals surface area (Å²) in [5.74, 6) is 4.73. The number of hydrogen-bond donors (Lipinski definition) is 1. The molecule has 0 aliphatic carbocycles. The topological polar surface area (TPSA) is 71.8 Å². The van der Waals surface area contributed by atoms with Crippen LogP contribution in [0.3, 0.4) is 0 Å².